The summed E-state index contributed by atoms with van der Waals surface area (Å²) in [4.78, 5) is 10.9. The molecule has 1 aromatic carbocycles. The van der Waals surface area contributed by atoms with Crippen molar-refractivity contribution in [1.82, 2.24) is 0 Å². The van der Waals surface area contributed by atoms with E-state index in [9.17, 15) is 4.79 Å². The molecule has 1 aromatic rings. The predicted octanol–water partition coefficient (Wildman–Crippen LogP) is 4.22. The van der Waals surface area contributed by atoms with Crippen LogP contribution in [0.1, 0.15) is 31.2 Å². The van der Waals surface area contributed by atoms with Crippen molar-refractivity contribution in [3.05, 3.63) is 27.7 Å². The van der Waals surface area contributed by atoms with Crippen molar-refractivity contribution in [2.75, 3.05) is 7.11 Å². The average Bonchev–Trinajstić information content (AvgIpc) is 3.07. The van der Waals surface area contributed by atoms with Gasteiger partial charge in [0.15, 0.2) is 0 Å². The number of methoxy groups -OCH3 is 1. The van der Waals surface area contributed by atoms with E-state index in [-0.39, 0.29) is 17.8 Å². The maximum atomic E-state index is 10.9. The molecule has 0 amide bonds. The van der Waals surface area contributed by atoms with Gasteiger partial charge < -0.3 is 9.84 Å². The zero-order chi connectivity index (χ0) is 14.2. The smallest absolute Gasteiger partial charge is 0.306 e. The minimum Gasteiger partial charge on any atom is -0.495 e. The summed E-state index contributed by atoms with van der Waals surface area (Å²) >= 11 is 12.1. The van der Waals surface area contributed by atoms with E-state index in [2.05, 4.69) is 0 Å². The molecule has 1 aliphatic rings. The van der Waals surface area contributed by atoms with Crippen LogP contribution in [0.25, 0.3) is 0 Å². The lowest BCUT2D eigenvalue weighted by atomic mass is 9.94. The molecule has 3 unspecified atom stereocenters. The first-order valence-electron chi connectivity index (χ1n) is 6.19. The normalized spacial score (nSPS) is 22.9. The predicted molar refractivity (Wildman–Crippen MR) is 75.3 cm³/mol. The highest BCUT2D eigenvalue weighted by Gasteiger charge is 2.43. The SMILES string of the molecule is COc1c(Cl)cc(Cl)cc1C(C)CC1CC1C(=O)O. The second kappa shape index (κ2) is 5.59. The summed E-state index contributed by atoms with van der Waals surface area (Å²) < 4.78 is 5.32. The first-order chi connectivity index (χ1) is 8.93. The molecule has 0 heterocycles. The number of rotatable bonds is 5. The van der Waals surface area contributed by atoms with Gasteiger partial charge in [-0.05, 0) is 42.4 Å². The molecule has 1 fully saturated rings. The van der Waals surface area contributed by atoms with Crippen molar-refractivity contribution in [2.45, 2.75) is 25.7 Å². The molecule has 1 N–H and O–H groups in total. The summed E-state index contributed by atoms with van der Waals surface area (Å²) in [6, 6.07) is 3.49. The fourth-order valence-corrected chi connectivity index (χ4v) is 3.14. The molecule has 1 saturated carbocycles. The second-order valence-corrected chi connectivity index (χ2v) is 5.93. The summed E-state index contributed by atoms with van der Waals surface area (Å²) in [5, 5.41) is 9.99. The molecule has 19 heavy (non-hydrogen) atoms. The number of ether oxygens (including phenoxy) is 1. The Morgan fingerprint density at radius 3 is 2.74 bits per heavy atom. The number of aliphatic carboxylic acids is 1. The minimum atomic E-state index is -0.701. The van der Waals surface area contributed by atoms with Gasteiger partial charge in [-0.15, -0.1) is 0 Å². The molecule has 3 atom stereocenters. The Hall–Kier alpha value is -0.930. The van der Waals surface area contributed by atoms with E-state index >= 15 is 0 Å². The van der Waals surface area contributed by atoms with Gasteiger partial charge in [-0.25, -0.2) is 0 Å². The van der Waals surface area contributed by atoms with Crippen molar-refractivity contribution >= 4 is 29.2 Å². The van der Waals surface area contributed by atoms with E-state index in [0.29, 0.717) is 15.8 Å². The molecular weight excluding hydrogens is 287 g/mol. The van der Waals surface area contributed by atoms with Crippen molar-refractivity contribution in [1.29, 1.82) is 0 Å². The molecular formula is C14H16Cl2O3. The van der Waals surface area contributed by atoms with Crippen molar-refractivity contribution in [2.24, 2.45) is 11.8 Å². The van der Waals surface area contributed by atoms with Crippen LogP contribution in [0.15, 0.2) is 12.1 Å². The van der Waals surface area contributed by atoms with Gasteiger partial charge in [-0.3, -0.25) is 4.79 Å². The molecule has 104 valence electrons. The zero-order valence-electron chi connectivity index (χ0n) is 10.8. The summed E-state index contributed by atoms with van der Waals surface area (Å²) in [6.45, 7) is 2.04. The van der Waals surface area contributed by atoms with Gasteiger partial charge in [0, 0.05) is 5.02 Å². The van der Waals surface area contributed by atoms with Crippen LogP contribution in [-0.2, 0) is 4.79 Å². The molecule has 5 heteroatoms. The van der Waals surface area contributed by atoms with Crippen molar-refractivity contribution < 1.29 is 14.6 Å². The fourth-order valence-electron chi connectivity index (χ4n) is 2.55. The van der Waals surface area contributed by atoms with Gasteiger partial charge in [0.05, 0.1) is 18.1 Å². The third kappa shape index (κ3) is 3.15. The summed E-state index contributed by atoms with van der Waals surface area (Å²) in [6.07, 6.45) is 1.57. The van der Waals surface area contributed by atoms with E-state index in [0.717, 1.165) is 18.4 Å². The van der Waals surface area contributed by atoms with Gasteiger partial charge in [0.25, 0.3) is 0 Å². The van der Waals surface area contributed by atoms with Crippen LogP contribution in [0.3, 0.4) is 0 Å². The third-order valence-electron chi connectivity index (χ3n) is 3.67. The average molecular weight is 303 g/mol. The van der Waals surface area contributed by atoms with E-state index < -0.39 is 5.97 Å². The maximum absolute atomic E-state index is 10.9. The Bertz CT molecular complexity index is 502. The number of halogens is 2. The van der Waals surface area contributed by atoms with Crippen LogP contribution in [0.4, 0.5) is 0 Å². The standard InChI is InChI=1S/C14H16Cl2O3/c1-7(3-8-4-11(8)14(17)18)10-5-9(15)6-12(16)13(10)19-2/h5-8,11H,3-4H2,1-2H3,(H,17,18). The molecule has 0 bridgehead atoms. The van der Waals surface area contributed by atoms with E-state index in [4.69, 9.17) is 33.0 Å². The number of carbonyl (C=O) groups is 1. The van der Waals surface area contributed by atoms with E-state index in [1.54, 1.807) is 13.2 Å². The van der Waals surface area contributed by atoms with Crippen molar-refractivity contribution in [3.63, 3.8) is 0 Å². The largest absolute Gasteiger partial charge is 0.495 e. The van der Waals surface area contributed by atoms with Gasteiger partial charge >= 0.3 is 5.97 Å². The Balaban J connectivity index is 2.15. The quantitative estimate of drug-likeness (QED) is 0.886. The van der Waals surface area contributed by atoms with E-state index in [1.807, 2.05) is 13.0 Å². The molecule has 1 aliphatic carbocycles. The highest BCUT2D eigenvalue weighted by atomic mass is 35.5. The Morgan fingerprint density at radius 2 is 2.21 bits per heavy atom. The lowest BCUT2D eigenvalue weighted by Crippen LogP contribution is -2.04. The number of carboxylic acid groups (broad SMARTS) is 1. The van der Waals surface area contributed by atoms with Crippen molar-refractivity contribution in [3.8, 4) is 5.75 Å². The highest BCUT2D eigenvalue weighted by molar-refractivity contribution is 6.35. The number of benzene rings is 1. The van der Waals surface area contributed by atoms with Crippen LogP contribution < -0.4 is 4.74 Å². The van der Waals surface area contributed by atoms with Gasteiger partial charge in [0.2, 0.25) is 0 Å². The lowest BCUT2D eigenvalue weighted by Gasteiger charge is -2.17. The molecule has 0 radical (unpaired) electrons. The molecule has 0 saturated heterocycles. The first kappa shape index (κ1) is 14.5. The molecule has 0 spiro atoms. The topological polar surface area (TPSA) is 46.5 Å². The Kier molecular flexibility index (Phi) is 4.26. The van der Waals surface area contributed by atoms with Crippen LogP contribution in [-0.4, -0.2) is 18.2 Å². The van der Waals surface area contributed by atoms with Crippen LogP contribution in [0, 0.1) is 11.8 Å². The Labute approximate surface area is 122 Å². The number of hydrogen-bond acceptors (Lipinski definition) is 2. The lowest BCUT2D eigenvalue weighted by molar-refractivity contribution is -0.138. The summed E-state index contributed by atoms with van der Waals surface area (Å²) in [7, 11) is 1.57. The summed E-state index contributed by atoms with van der Waals surface area (Å²) in [5.41, 5.74) is 0.941. The van der Waals surface area contributed by atoms with Crippen LogP contribution in [0.5, 0.6) is 5.75 Å². The monoisotopic (exact) mass is 302 g/mol. The number of carboxylic acids is 1. The summed E-state index contributed by atoms with van der Waals surface area (Å²) in [5.74, 6) is 0.151. The second-order valence-electron chi connectivity index (χ2n) is 5.09. The van der Waals surface area contributed by atoms with Gasteiger partial charge in [-0.1, -0.05) is 30.1 Å². The van der Waals surface area contributed by atoms with Gasteiger partial charge in [0.1, 0.15) is 5.75 Å². The molecule has 3 nitrogen and oxygen atoms in total. The molecule has 0 aromatic heterocycles. The first-order valence-corrected chi connectivity index (χ1v) is 6.95. The minimum absolute atomic E-state index is 0.167. The highest BCUT2D eigenvalue weighted by Crippen LogP contribution is 2.47. The van der Waals surface area contributed by atoms with Gasteiger partial charge in [-0.2, -0.15) is 0 Å². The van der Waals surface area contributed by atoms with E-state index in [1.165, 1.54) is 0 Å². The Morgan fingerprint density at radius 1 is 1.53 bits per heavy atom. The van der Waals surface area contributed by atoms with Crippen LogP contribution >= 0.6 is 23.2 Å². The zero-order valence-corrected chi connectivity index (χ0v) is 12.3. The third-order valence-corrected chi connectivity index (χ3v) is 4.17. The van der Waals surface area contributed by atoms with Crippen LogP contribution in [0.2, 0.25) is 10.0 Å². The molecule has 0 aliphatic heterocycles. The fraction of sp³-hybridized carbons (Fsp3) is 0.500. The molecule has 2 rings (SSSR count). The number of hydrogen-bond donors (Lipinski definition) is 1. The maximum Gasteiger partial charge on any atom is 0.306 e.